The minimum absolute atomic E-state index is 0.0889. The van der Waals surface area contributed by atoms with E-state index in [1.54, 1.807) is 33.5 Å². The molecule has 0 aromatic heterocycles. The second-order valence-electron chi connectivity index (χ2n) is 10.9. The monoisotopic (exact) mass is 616 g/mol. The Morgan fingerprint density at radius 3 is 1.31 bits per heavy atom. The lowest BCUT2D eigenvalue weighted by molar-refractivity contribution is 0.206. The number of unbranched alkanes of at least 4 members (excludes halogenated alkanes) is 2. The first-order valence-electron chi connectivity index (χ1n) is 15.4. The smallest absolute Gasteiger partial charge is 0.161 e. The van der Waals surface area contributed by atoms with E-state index in [1.165, 1.54) is 17.2 Å². The van der Waals surface area contributed by atoms with Crippen LogP contribution in [-0.2, 0) is 25.7 Å². The number of ether oxygens (including phenoxy) is 5. The summed E-state index contributed by atoms with van der Waals surface area (Å²) >= 11 is 0. The molecule has 0 spiro atoms. The highest BCUT2D eigenvalue weighted by Gasteiger charge is 2.10. The van der Waals surface area contributed by atoms with Gasteiger partial charge in [0.1, 0.15) is 13.2 Å². The van der Waals surface area contributed by atoms with Crippen molar-refractivity contribution >= 4 is 0 Å². The van der Waals surface area contributed by atoms with Gasteiger partial charge in [-0.25, -0.2) is 0 Å². The van der Waals surface area contributed by atoms with Crippen molar-refractivity contribution in [2.45, 2.75) is 51.4 Å². The number of rotatable bonds is 18. The Morgan fingerprint density at radius 2 is 0.800 bits per heavy atom. The quantitative estimate of drug-likeness (QED) is 0.0784. The number of phenolic OH excluding ortho intramolecular Hbond substituents is 3. The molecule has 0 radical (unpaired) electrons. The number of phenols is 3. The third kappa shape index (κ3) is 9.89. The van der Waals surface area contributed by atoms with Gasteiger partial charge in [-0.2, -0.15) is 0 Å². The number of hydrogen-bond acceptors (Lipinski definition) is 8. The molecule has 0 fully saturated rings. The molecule has 0 atom stereocenters. The highest BCUT2D eigenvalue weighted by molar-refractivity contribution is 5.45. The molecule has 8 heteroatoms. The molecule has 0 amide bonds. The third-order valence-electron chi connectivity index (χ3n) is 7.70. The van der Waals surface area contributed by atoms with E-state index in [2.05, 4.69) is 12.1 Å². The van der Waals surface area contributed by atoms with E-state index in [9.17, 15) is 15.3 Å². The van der Waals surface area contributed by atoms with Crippen LogP contribution in [0, 0.1) is 0 Å². The molecule has 8 nitrogen and oxygen atoms in total. The summed E-state index contributed by atoms with van der Waals surface area (Å²) in [6, 6.07) is 22.4. The molecular formula is C37H44O8. The number of benzene rings is 4. The fraction of sp³-hybridized carbons (Fsp3) is 0.351. The maximum atomic E-state index is 10.3. The maximum absolute atomic E-state index is 10.3. The van der Waals surface area contributed by atoms with E-state index in [0.717, 1.165) is 74.0 Å². The number of aromatic hydroxyl groups is 3. The summed E-state index contributed by atoms with van der Waals surface area (Å²) < 4.78 is 28.2. The van der Waals surface area contributed by atoms with Crippen molar-refractivity contribution in [2.24, 2.45) is 0 Å². The highest BCUT2D eigenvalue weighted by atomic mass is 16.5. The molecule has 0 aliphatic carbocycles. The van der Waals surface area contributed by atoms with Gasteiger partial charge in [-0.15, -0.1) is 0 Å². The lowest BCUT2D eigenvalue weighted by Gasteiger charge is -2.14. The Kier molecular flexibility index (Phi) is 12.5. The van der Waals surface area contributed by atoms with Crippen molar-refractivity contribution < 1.29 is 39.0 Å². The van der Waals surface area contributed by atoms with Gasteiger partial charge in [0, 0.05) is 0 Å². The van der Waals surface area contributed by atoms with Crippen LogP contribution in [0.25, 0.3) is 0 Å². The fourth-order valence-corrected chi connectivity index (χ4v) is 5.20. The van der Waals surface area contributed by atoms with Gasteiger partial charge in [-0.05, 0) is 122 Å². The molecule has 0 aliphatic heterocycles. The Balaban J connectivity index is 1.21. The van der Waals surface area contributed by atoms with Crippen LogP contribution in [0.3, 0.4) is 0 Å². The van der Waals surface area contributed by atoms with Crippen LogP contribution >= 0.6 is 0 Å². The average Bonchev–Trinajstić information content (AvgIpc) is 3.06. The van der Waals surface area contributed by atoms with Crippen LogP contribution < -0.4 is 23.7 Å². The van der Waals surface area contributed by atoms with E-state index in [1.807, 2.05) is 42.5 Å². The zero-order valence-corrected chi connectivity index (χ0v) is 26.4. The van der Waals surface area contributed by atoms with Gasteiger partial charge in [0.05, 0.1) is 21.3 Å². The van der Waals surface area contributed by atoms with E-state index in [4.69, 9.17) is 23.7 Å². The molecule has 45 heavy (non-hydrogen) atoms. The van der Waals surface area contributed by atoms with Crippen LogP contribution in [0.4, 0.5) is 0 Å². The van der Waals surface area contributed by atoms with Crippen molar-refractivity contribution in [1.29, 1.82) is 0 Å². The van der Waals surface area contributed by atoms with Crippen LogP contribution in [-0.4, -0.2) is 49.9 Å². The number of hydrogen-bond donors (Lipinski definition) is 3. The average molecular weight is 617 g/mol. The van der Waals surface area contributed by atoms with Crippen LogP contribution in [0.5, 0.6) is 46.0 Å². The first-order chi connectivity index (χ1) is 21.9. The van der Waals surface area contributed by atoms with Crippen molar-refractivity contribution in [3.05, 3.63) is 95.1 Å². The minimum Gasteiger partial charge on any atom is -0.504 e. The number of aryl methyl sites for hydroxylation is 4. The predicted octanol–water partition coefficient (Wildman–Crippen LogP) is 7.42. The van der Waals surface area contributed by atoms with Gasteiger partial charge >= 0.3 is 0 Å². The van der Waals surface area contributed by atoms with E-state index >= 15 is 0 Å². The fourth-order valence-electron chi connectivity index (χ4n) is 5.20. The Labute approximate surface area is 265 Å². The van der Waals surface area contributed by atoms with Crippen molar-refractivity contribution in [1.82, 2.24) is 0 Å². The summed E-state index contributed by atoms with van der Waals surface area (Å²) in [5.41, 5.74) is 4.44. The van der Waals surface area contributed by atoms with E-state index in [0.29, 0.717) is 23.9 Å². The largest absolute Gasteiger partial charge is 0.504 e. The SMILES string of the molecule is COc1ccc(CCCCc2ccc(OC)c(OCCOc3cc(CCCCc4ccc(O)c(O)c4)ccc3O)c2)cc1OC. The molecule has 240 valence electrons. The molecule has 0 saturated heterocycles. The van der Waals surface area contributed by atoms with Crippen LogP contribution in [0.1, 0.15) is 47.9 Å². The van der Waals surface area contributed by atoms with Gasteiger partial charge in [0.25, 0.3) is 0 Å². The molecule has 0 heterocycles. The molecule has 4 aromatic carbocycles. The standard InChI is InChI=1S/C37H44O8/c1-41-33-18-14-28(24-36(33)43-3)10-6-7-11-29-15-19-34(42-2)37(25-29)45-21-20-44-35-23-27(13-17-31(35)39)9-5-4-8-26-12-16-30(38)32(40)22-26/h12-19,22-25,38-40H,4-11,20-21H2,1-3H3. The van der Waals surface area contributed by atoms with Crippen molar-refractivity contribution in [3.63, 3.8) is 0 Å². The topological polar surface area (TPSA) is 107 Å². The molecular weight excluding hydrogens is 572 g/mol. The van der Waals surface area contributed by atoms with Crippen LogP contribution in [0.15, 0.2) is 72.8 Å². The second-order valence-corrected chi connectivity index (χ2v) is 10.9. The van der Waals surface area contributed by atoms with Gasteiger partial charge in [-0.1, -0.05) is 24.3 Å². The Hall–Kier alpha value is -4.72. The summed E-state index contributed by atoms with van der Waals surface area (Å²) in [5, 5.41) is 29.5. The lowest BCUT2D eigenvalue weighted by Crippen LogP contribution is -2.10. The molecule has 0 bridgehead atoms. The molecule has 0 unspecified atom stereocenters. The molecule has 3 N–H and O–H groups in total. The summed E-state index contributed by atoms with van der Waals surface area (Å²) in [5.74, 6) is 3.13. The number of methoxy groups -OCH3 is 3. The Morgan fingerprint density at radius 1 is 0.400 bits per heavy atom. The van der Waals surface area contributed by atoms with E-state index < -0.39 is 0 Å². The summed E-state index contributed by atoms with van der Waals surface area (Å²) in [4.78, 5) is 0. The summed E-state index contributed by atoms with van der Waals surface area (Å²) in [6.07, 6.45) is 7.43. The third-order valence-corrected chi connectivity index (χ3v) is 7.70. The first kappa shape index (κ1) is 33.2. The van der Waals surface area contributed by atoms with E-state index in [-0.39, 0.29) is 23.9 Å². The summed E-state index contributed by atoms with van der Waals surface area (Å²) in [7, 11) is 4.92. The zero-order chi connectivity index (χ0) is 32.0. The molecule has 0 saturated carbocycles. The van der Waals surface area contributed by atoms with Gasteiger partial charge in [-0.3, -0.25) is 0 Å². The highest BCUT2D eigenvalue weighted by Crippen LogP contribution is 2.31. The predicted molar refractivity (Wildman–Crippen MR) is 175 cm³/mol. The summed E-state index contributed by atoms with van der Waals surface area (Å²) in [6.45, 7) is 0.558. The minimum atomic E-state index is -0.108. The lowest BCUT2D eigenvalue weighted by atomic mass is 10.0. The van der Waals surface area contributed by atoms with Crippen LogP contribution in [0.2, 0.25) is 0 Å². The molecule has 4 aromatic rings. The molecule has 0 aliphatic rings. The van der Waals surface area contributed by atoms with Crippen molar-refractivity contribution in [3.8, 4) is 46.0 Å². The van der Waals surface area contributed by atoms with Gasteiger partial charge in [0.15, 0.2) is 46.0 Å². The molecule has 4 rings (SSSR count). The maximum Gasteiger partial charge on any atom is 0.161 e. The van der Waals surface area contributed by atoms with Gasteiger partial charge in [0.2, 0.25) is 0 Å². The normalized spacial score (nSPS) is 10.8. The zero-order valence-electron chi connectivity index (χ0n) is 26.4. The first-order valence-corrected chi connectivity index (χ1v) is 15.4. The van der Waals surface area contributed by atoms with Gasteiger partial charge < -0.3 is 39.0 Å². The van der Waals surface area contributed by atoms with Crippen molar-refractivity contribution in [2.75, 3.05) is 34.5 Å². The second kappa shape index (κ2) is 16.9. The Bertz CT molecular complexity index is 1520.